The number of ketones is 2. The van der Waals surface area contributed by atoms with Crippen LogP contribution in [0.1, 0.15) is 107 Å². The molecule has 1 saturated carbocycles. The minimum Gasteiger partial charge on any atom is -0.485 e. The number of Topliss-reactive ketones (excluding diaryl/α,β-unsaturated/α-hetero) is 2. The number of carbonyl (C=O) groups excluding carboxylic acids is 6. The number of amides is 4. The molecular weight excluding hydrogens is 776 g/mol. The SMILES string of the molecule is O=C(CCCCOCCCOCC(F)CCC(=O)c1cnc(Cc2ccc3cnccc3n2)cc1NC1CC1)COc1cccc2c1C(=O)N(C1CCC(=O)NC1=O)C2=O. The van der Waals surface area contributed by atoms with E-state index in [4.69, 9.17) is 19.2 Å². The second-order valence-electron chi connectivity index (χ2n) is 15.2. The Labute approximate surface area is 345 Å². The van der Waals surface area contributed by atoms with Crippen molar-refractivity contribution in [2.45, 2.75) is 88.9 Å². The summed E-state index contributed by atoms with van der Waals surface area (Å²) in [4.78, 5) is 90.0. The van der Waals surface area contributed by atoms with E-state index in [1.54, 1.807) is 18.6 Å². The molecule has 2 aliphatic heterocycles. The van der Waals surface area contributed by atoms with Crippen LogP contribution >= 0.6 is 0 Å². The van der Waals surface area contributed by atoms with Crippen molar-refractivity contribution in [3.63, 3.8) is 0 Å². The van der Waals surface area contributed by atoms with E-state index in [9.17, 15) is 33.2 Å². The summed E-state index contributed by atoms with van der Waals surface area (Å²) in [6.07, 6.45) is 8.40. The van der Waals surface area contributed by atoms with Crippen LogP contribution in [0.5, 0.6) is 5.75 Å². The molecular formula is C44H47FN6O9. The normalized spacial score (nSPS) is 16.8. The number of ether oxygens (including phenoxy) is 3. The van der Waals surface area contributed by atoms with E-state index >= 15 is 0 Å². The van der Waals surface area contributed by atoms with Crippen LogP contribution in [0.2, 0.25) is 0 Å². The average Bonchev–Trinajstić information content (AvgIpc) is 4.03. The van der Waals surface area contributed by atoms with Gasteiger partial charge in [-0.05, 0) is 81.3 Å². The van der Waals surface area contributed by atoms with Crippen LogP contribution in [-0.2, 0) is 30.3 Å². The lowest BCUT2D eigenvalue weighted by atomic mass is 10.0. The molecule has 16 heteroatoms. The van der Waals surface area contributed by atoms with Crippen molar-refractivity contribution in [1.82, 2.24) is 25.2 Å². The summed E-state index contributed by atoms with van der Waals surface area (Å²) in [6.45, 7) is 0.710. The van der Waals surface area contributed by atoms with Crippen molar-refractivity contribution in [3.05, 3.63) is 89.1 Å². The van der Waals surface area contributed by atoms with Crippen molar-refractivity contribution in [3.8, 4) is 5.75 Å². The van der Waals surface area contributed by atoms with Gasteiger partial charge >= 0.3 is 0 Å². The largest absolute Gasteiger partial charge is 0.485 e. The maximum atomic E-state index is 14.7. The van der Waals surface area contributed by atoms with Crippen molar-refractivity contribution in [2.24, 2.45) is 0 Å². The molecule has 0 radical (unpaired) electrons. The number of hydrogen-bond acceptors (Lipinski definition) is 13. The standard InChI is InChI=1S/C44H47FN6O9/c45-28(9-14-38(53)34-24-47-31(22-36(34)48-29-11-12-29)21-30-10-8-27-23-46-17-16-35(27)49-30)25-59-20-4-19-58-18-2-1-5-32(52)26-60-39-7-3-6-33-41(39)44(57)51(43(33)56)37-13-15-40(54)50-42(37)55/h3,6-8,10,16-17,22-24,28-29,37H,1-2,4-5,9,11-15,18-21,25-26H2,(H,47,48)(H,50,54,55). The molecule has 7 rings (SSSR count). The number of anilines is 1. The minimum atomic E-state index is -1.30. The fourth-order valence-corrected chi connectivity index (χ4v) is 7.12. The molecule has 1 aliphatic carbocycles. The minimum absolute atomic E-state index is 0.00877. The number of hydrogen-bond donors (Lipinski definition) is 2. The van der Waals surface area contributed by atoms with Gasteiger partial charge in [-0.3, -0.25) is 53.9 Å². The lowest BCUT2D eigenvalue weighted by molar-refractivity contribution is -0.136. The van der Waals surface area contributed by atoms with Crippen LogP contribution in [0, 0.1) is 0 Å². The molecule has 2 unspecified atom stereocenters. The maximum Gasteiger partial charge on any atom is 0.266 e. The molecule has 5 heterocycles. The Morgan fingerprint density at radius 1 is 0.917 bits per heavy atom. The van der Waals surface area contributed by atoms with Crippen molar-refractivity contribution in [2.75, 3.05) is 38.4 Å². The van der Waals surface area contributed by atoms with Gasteiger partial charge in [-0.25, -0.2) is 4.39 Å². The number of alkyl halides is 1. The number of aromatic nitrogens is 3. The number of fused-ring (bicyclic) bond motifs is 2. The first-order valence-electron chi connectivity index (χ1n) is 20.4. The fourth-order valence-electron chi connectivity index (χ4n) is 7.12. The number of nitrogens with one attached hydrogen (secondary N) is 2. The molecule has 4 aromatic rings. The maximum absolute atomic E-state index is 14.7. The van der Waals surface area contributed by atoms with E-state index in [0.717, 1.165) is 45.7 Å². The van der Waals surface area contributed by atoms with Crippen molar-refractivity contribution >= 4 is 51.8 Å². The molecule has 15 nitrogen and oxygen atoms in total. The van der Waals surface area contributed by atoms with Gasteiger partial charge in [0.25, 0.3) is 11.8 Å². The smallest absolute Gasteiger partial charge is 0.266 e. The molecule has 1 saturated heterocycles. The van der Waals surface area contributed by atoms with Gasteiger partial charge in [-0.15, -0.1) is 0 Å². The summed E-state index contributed by atoms with van der Waals surface area (Å²) >= 11 is 0. The molecule has 60 heavy (non-hydrogen) atoms. The zero-order valence-corrected chi connectivity index (χ0v) is 33.2. The first-order chi connectivity index (χ1) is 29.1. The predicted octanol–water partition coefficient (Wildman–Crippen LogP) is 5.13. The Kier molecular flexibility index (Phi) is 13.9. The van der Waals surface area contributed by atoms with Crippen LogP contribution in [-0.4, -0.2) is 106 Å². The highest BCUT2D eigenvalue weighted by atomic mass is 19.1. The molecule has 3 aromatic heterocycles. The zero-order chi connectivity index (χ0) is 42.0. The number of imide groups is 2. The molecule has 314 valence electrons. The number of piperidine rings is 1. The van der Waals surface area contributed by atoms with Crippen molar-refractivity contribution < 1.29 is 47.4 Å². The van der Waals surface area contributed by atoms with Gasteiger partial charge < -0.3 is 19.5 Å². The lowest BCUT2D eigenvalue weighted by Crippen LogP contribution is -2.54. The summed E-state index contributed by atoms with van der Waals surface area (Å²) in [7, 11) is 0. The lowest BCUT2D eigenvalue weighted by Gasteiger charge is -2.27. The van der Waals surface area contributed by atoms with Gasteiger partial charge in [-0.2, -0.15) is 0 Å². The number of carbonyl (C=O) groups is 6. The van der Waals surface area contributed by atoms with Gasteiger partial charge in [0.2, 0.25) is 11.8 Å². The highest BCUT2D eigenvalue weighted by Crippen LogP contribution is 2.34. The van der Waals surface area contributed by atoms with Crippen LogP contribution in [0.3, 0.4) is 0 Å². The Morgan fingerprint density at radius 2 is 1.75 bits per heavy atom. The van der Waals surface area contributed by atoms with E-state index < -0.39 is 35.8 Å². The van der Waals surface area contributed by atoms with E-state index in [1.165, 1.54) is 18.2 Å². The molecule has 1 aromatic carbocycles. The van der Waals surface area contributed by atoms with Gasteiger partial charge in [0.15, 0.2) is 11.6 Å². The second kappa shape index (κ2) is 19.8. The van der Waals surface area contributed by atoms with E-state index in [-0.39, 0.29) is 73.8 Å². The van der Waals surface area contributed by atoms with Gasteiger partial charge in [0.05, 0.1) is 28.8 Å². The topological polar surface area (TPSA) is 196 Å². The first-order valence-corrected chi connectivity index (χ1v) is 20.4. The summed E-state index contributed by atoms with van der Waals surface area (Å²) in [5, 5.41) is 6.56. The average molecular weight is 823 g/mol. The van der Waals surface area contributed by atoms with Crippen LogP contribution in [0.25, 0.3) is 10.9 Å². The molecule has 4 amide bonds. The third kappa shape index (κ3) is 10.8. The Balaban J connectivity index is 0.742. The Bertz CT molecular complexity index is 2270. The van der Waals surface area contributed by atoms with Gasteiger partial charge in [-0.1, -0.05) is 6.07 Å². The quantitative estimate of drug-likeness (QED) is 0.0568. The van der Waals surface area contributed by atoms with Crippen LogP contribution in [0.15, 0.2) is 61.1 Å². The first kappa shape index (κ1) is 42.1. The van der Waals surface area contributed by atoms with Gasteiger partial charge in [0.1, 0.15) is 24.6 Å². The highest BCUT2D eigenvalue weighted by Gasteiger charge is 2.46. The molecule has 3 aliphatic rings. The highest BCUT2D eigenvalue weighted by molar-refractivity contribution is 6.24. The number of nitrogens with zero attached hydrogens (tertiary/aromatic N) is 4. The number of halogens is 1. The Morgan fingerprint density at radius 3 is 2.58 bits per heavy atom. The molecule has 2 atom stereocenters. The number of unbranched alkanes of at least 4 members (excludes halogenated alkanes) is 1. The fraction of sp³-hybridized carbons (Fsp3) is 0.432. The monoisotopic (exact) mass is 822 g/mol. The van der Waals surface area contributed by atoms with E-state index in [2.05, 4.69) is 20.6 Å². The summed E-state index contributed by atoms with van der Waals surface area (Å²) in [6, 6.07) is 11.4. The van der Waals surface area contributed by atoms with Crippen molar-refractivity contribution in [1.29, 1.82) is 0 Å². The molecule has 0 bridgehead atoms. The third-order valence-electron chi connectivity index (χ3n) is 10.5. The number of pyridine rings is 3. The van der Waals surface area contributed by atoms with Crippen LogP contribution < -0.4 is 15.4 Å². The van der Waals surface area contributed by atoms with Gasteiger partial charge in [0, 0.05) is 92.6 Å². The third-order valence-corrected chi connectivity index (χ3v) is 10.5. The second-order valence-corrected chi connectivity index (χ2v) is 15.2. The molecule has 2 N–H and O–H groups in total. The molecule has 0 spiro atoms. The number of benzene rings is 1. The predicted molar refractivity (Wildman–Crippen MR) is 215 cm³/mol. The summed E-state index contributed by atoms with van der Waals surface area (Å²) < 4.78 is 31.5. The number of rotatable bonds is 23. The molecule has 2 fully saturated rings. The summed E-state index contributed by atoms with van der Waals surface area (Å²) in [5.74, 6) is -2.82. The zero-order valence-electron chi connectivity index (χ0n) is 33.2. The van der Waals surface area contributed by atoms with Crippen LogP contribution in [0.4, 0.5) is 10.1 Å². The van der Waals surface area contributed by atoms with E-state index in [1.807, 2.05) is 24.3 Å². The Hall–Kier alpha value is -6.00. The van der Waals surface area contributed by atoms with E-state index in [0.29, 0.717) is 57.1 Å². The summed E-state index contributed by atoms with van der Waals surface area (Å²) in [5.41, 5.74) is 3.74.